The average molecular weight is 274 g/mol. The van der Waals surface area contributed by atoms with Crippen LogP contribution in [-0.2, 0) is 4.79 Å². The molecule has 1 aromatic rings. The highest BCUT2D eigenvalue weighted by molar-refractivity contribution is 5.95. The van der Waals surface area contributed by atoms with Crippen molar-refractivity contribution >= 4 is 11.6 Å². The van der Waals surface area contributed by atoms with E-state index in [9.17, 15) is 4.79 Å². The van der Waals surface area contributed by atoms with Gasteiger partial charge in [0.05, 0.1) is 5.69 Å². The number of nitrogens with one attached hydrogen (secondary N) is 1. The number of benzene rings is 1. The predicted molar refractivity (Wildman–Crippen MR) is 78.6 cm³/mol. The summed E-state index contributed by atoms with van der Waals surface area (Å²) in [5.74, 6) is 1.11. The minimum Gasteiger partial charge on any atom is -0.482 e. The third-order valence-electron chi connectivity index (χ3n) is 4.79. The Morgan fingerprint density at radius 1 is 1.45 bits per heavy atom. The van der Waals surface area contributed by atoms with Gasteiger partial charge in [-0.05, 0) is 41.9 Å². The van der Waals surface area contributed by atoms with E-state index in [1.807, 2.05) is 18.2 Å². The van der Waals surface area contributed by atoms with Gasteiger partial charge >= 0.3 is 0 Å². The summed E-state index contributed by atoms with van der Waals surface area (Å²) in [6, 6.07) is 5.91. The highest BCUT2D eigenvalue weighted by Crippen LogP contribution is 2.48. The highest BCUT2D eigenvalue weighted by Gasteiger charge is 2.38. The number of rotatable bonds is 2. The van der Waals surface area contributed by atoms with E-state index in [0.717, 1.165) is 17.0 Å². The Kier molecular flexibility index (Phi) is 3.21. The number of amides is 1. The molecule has 2 unspecified atom stereocenters. The molecule has 0 radical (unpaired) electrons. The number of carbonyl (C=O) groups excluding carboxylic acids is 1. The molecule has 0 spiro atoms. The smallest absolute Gasteiger partial charge is 0.262 e. The molecule has 108 valence electrons. The number of carbonyl (C=O) groups is 1. The second kappa shape index (κ2) is 4.77. The largest absolute Gasteiger partial charge is 0.482 e. The van der Waals surface area contributed by atoms with E-state index in [0.29, 0.717) is 5.92 Å². The first kappa shape index (κ1) is 13.4. The molecule has 1 saturated carbocycles. The third-order valence-corrected chi connectivity index (χ3v) is 4.79. The summed E-state index contributed by atoms with van der Waals surface area (Å²) in [5, 5.41) is 2.85. The Balaban J connectivity index is 1.87. The topological polar surface area (TPSA) is 64.3 Å². The fourth-order valence-corrected chi connectivity index (χ4v) is 3.56. The van der Waals surface area contributed by atoms with Gasteiger partial charge in [-0.1, -0.05) is 26.3 Å². The van der Waals surface area contributed by atoms with Crippen LogP contribution in [0.25, 0.3) is 0 Å². The van der Waals surface area contributed by atoms with Crippen LogP contribution in [0, 0.1) is 11.3 Å². The molecule has 1 amide bonds. The van der Waals surface area contributed by atoms with E-state index in [2.05, 4.69) is 19.2 Å². The van der Waals surface area contributed by atoms with E-state index < -0.39 is 0 Å². The Morgan fingerprint density at radius 2 is 2.25 bits per heavy atom. The molecular formula is C16H22N2O2. The molecule has 1 fully saturated rings. The second-order valence-corrected chi connectivity index (χ2v) is 6.61. The molecule has 0 bridgehead atoms. The van der Waals surface area contributed by atoms with Crippen molar-refractivity contribution in [1.82, 2.24) is 0 Å². The summed E-state index contributed by atoms with van der Waals surface area (Å²) in [4.78, 5) is 11.4. The molecule has 1 aromatic carbocycles. The van der Waals surface area contributed by atoms with Crippen molar-refractivity contribution in [2.75, 3.05) is 11.9 Å². The van der Waals surface area contributed by atoms with Crippen LogP contribution < -0.4 is 15.8 Å². The van der Waals surface area contributed by atoms with Crippen LogP contribution in [0.15, 0.2) is 18.2 Å². The van der Waals surface area contributed by atoms with Gasteiger partial charge in [-0.15, -0.1) is 0 Å². The molecule has 1 aliphatic heterocycles. The zero-order valence-corrected chi connectivity index (χ0v) is 12.1. The van der Waals surface area contributed by atoms with Crippen molar-refractivity contribution in [2.24, 2.45) is 17.1 Å². The number of nitrogens with two attached hydrogens (primary N) is 1. The molecule has 4 nitrogen and oxygen atoms in total. The lowest BCUT2D eigenvalue weighted by Gasteiger charge is -2.32. The molecule has 1 heterocycles. The Morgan fingerprint density at radius 3 is 2.95 bits per heavy atom. The summed E-state index contributed by atoms with van der Waals surface area (Å²) in [5.41, 5.74) is 8.60. The van der Waals surface area contributed by atoms with Gasteiger partial charge in [0.2, 0.25) is 0 Å². The van der Waals surface area contributed by atoms with Gasteiger partial charge in [-0.2, -0.15) is 0 Å². The first-order chi connectivity index (χ1) is 9.47. The maximum Gasteiger partial charge on any atom is 0.262 e. The van der Waals surface area contributed by atoms with Gasteiger partial charge < -0.3 is 15.8 Å². The normalized spacial score (nSPS) is 25.6. The summed E-state index contributed by atoms with van der Waals surface area (Å²) in [6.07, 6.45) is 3.65. The summed E-state index contributed by atoms with van der Waals surface area (Å²) < 4.78 is 5.38. The van der Waals surface area contributed by atoms with Crippen LogP contribution in [0.2, 0.25) is 0 Å². The van der Waals surface area contributed by atoms with Crippen molar-refractivity contribution in [3.8, 4) is 5.75 Å². The van der Waals surface area contributed by atoms with Gasteiger partial charge in [0.25, 0.3) is 5.91 Å². The zero-order chi connectivity index (χ0) is 14.3. The van der Waals surface area contributed by atoms with Crippen LogP contribution in [0.3, 0.4) is 0 Å². The summed E-state index contributed by atoms with van der Waals surface area (Å²) in [7, 11) is 0. The Hall–Kier alpha value is -1.55. The minimum atomic E-state index is -0.107. The Bertz CT molecular complexity index is 539. The summed E-state index contributed by atoms with van der Waals surface area (Å²) in [6.45, 7) is 4.69. The van der Waals surface area contributed by atoms with E-state index in [4.69, 9.17) is 10.5 Å². The van der Waals surface area contributed by atoms with Crippen molar-refractivity contribution in [2.45, 2.75) is 39.2 Å². The average Bonchev–Trinajstić information content (AvgIpc) is 2.76. The third kappa shape index (κ3) is 2.29. The van der Waals surface area contributed by atoms with Crippen LogP contribution in [0.1, 0.15) is 44.7 Å². The van der Waals surface area contributed by atoms with Gasteiger partial charge in [-0.3, -0.25) is 4.79 Å². The van der Waals surface area contributed by atoms with E-state index >= 15 is 0 Å². The Labute approximate surface area is 119 Å². The standard InChI is InChI=1S/C16H22N2O2/c1-16(2)7-3-4-11(16)15(17)10-5-6-13-12(8-10)18-14(19)9-20-13/h5-6,8,11,15H,3-4,7,9,17H2,1-2H3,(H,18,19). The van der Waals surface area contributed by atoms with Crippen LogP contribution >= 0.6 is 0 Å². The van der Waals surface area contributed by atoms with Crippen molar-refractivity contribution in [3.63, 3.8) is 0 Å². The first-order valence-corrected chi connectivity index (χ1v) is 7.29. The molecule has 0 saturated heterocycles. The van der Waals surface area contributed by atoms with E-state index in [1.165, 1.54) is 19.3 Å². The number of hydrogen-bond donors (Lipinski definition) is 2. The quantitative estimate of drug-likeness (QED) is 0.871. The maximum absolute atomic E-state index is 11.4. The predicted octanol–water partition coefficient (Wildman–Crippen LogP) is 2.84. The zero-order valence-electron chi connectivity index (χ0n) is 12.1. The SMILES string of the molecule is CC1(C)CCCC1C(N)c1ccc2c(c1)NC(=O)CO2. The van der Waals surface area contributed by atoms with Crippen molar-refractivity contribution in [1.29, 1.82) is 0 Å². The van der Waals surface area contributed by atoms with Crippen LogP contribution in [-0.4, -0.2) is 12.5 Å². The van der Waals surface area contributed by atoms with E-state index in [1.54, 1.807) is 0 Å². The molecule has 20 heavy (non-hydrogen) atoms. The fraction of sp³-hybridized carbons (Fsp3) is 0.562. The molecule has 3 N–H and O–H groups in total. The van der Waals surface area contributed by atoms with Crippen LogP contribution in [0.4, 0.5) is 5.69 Å². The number of fused-ring (bicyclic) bond motifs is 1. The van der Waals surface area contributed by atoms with Gasteiger partial charge in [0, 0.05) is 6.04 Å². The van der Waals surface area contributed by atoms with Crippen molar-refractivity contribution in [3.05, 3.63) is 23.8 Å². The van der Waals surface area contributed by atoms with Gasteiger partial charge in [0.15, 0.2) is 6.61 Å². The molecular weight excluding hydrogens is 252 g/mol. The molecule has 2 aliphatic rings. The maximum atomic E-state index is 11.4. The lowest BCUT2D eigenvalue weighted by molar-refractivity contribution is -0.118. The van der Waals surface area contributed by atoms with Gasteiger partial charge in [0.1, 0.15) is 5.75 Å². The molecule has 3 rings (SSSR count). The molecule has 2 atom stereocenters. The monoisotopic (exact) mass is 274 g/mol. The molecule has 4 heteroatoms. The highest BCUT2D eigenvalue weighted by atomic mass is 16.5. The summed E-state index contributed by atoms with van der Waals surface area (Å²) >= 11 is 0. The number of hydrogen-bond acceptors (Lipinski definition) is 3. The number of ether oxygens (including phenoxy) is 1. The van der Waals surface area contributed by atoms with Crippen molar-refractivity contribution < 1.29 is 9.53 Å². The van der Waals surface area contributed by atoms with Gasteiger partial charge in [-0.25, -0.2) is 0 Å². The first-order valence-electron chi connectivity index (χ1n) is 7.29. The molecule has 0 aromatic heterocycles. The minimum absolute atomic E-state index is 0.0108. The lowest BCUT2D eigenvalue weighted by Crippen LogP contribution is -2.30. The lowest BCUT2D eigenvalue weighted by atomic mass is 9.76. The van der Waals surface area contributed by atoms with E-state index in [-0.39, 0.29) is 24.0 Å². The van der Waals surface area contributed by atoms with Crippen LogP contribution in [0.5, 0.6) is 5.75 Å². The second-order valence-electron chi connectivity index (χ2n) is 6.61. The fourth-order valence-electron chi connectivity index (χ4n) is 3.56. The number of anilines is 1. The molecule has 1 aliphatic carbocycles.